The third kappa shape index (κ3) is 8.31. The molecule has 13 heteroatoms. The van der Waals surface area contributed by atoms with Gasteiger partial charge in [0.05, 0.1) is 6.10 Å². The summed E-state index contributed by atoms with van der Waals surface area (Å²) in [4.78, 5) is 0. The summed E-state index contributed by atoms with van der Waals surface area (Å²) in [6.45, 7) is -0.829. The van der Waals surface area contributed by atoms with Crippen molar-refractivity contribution in [2.24, 2.45) is 0 Å². The molecule has 49 heavy (non-hydrogen) atoms. The summed E-state index contributed by atoms with van der Waals surface area (Å²) in [7, 11) is 0. The first kappa shape index (κ1) is 36.0. The van der Waals surface area contributed by atoms with Gasteiger partial charge in [0.1, 0.15) is 34.6 Å². The molecule has 0 heterocycles. The van der Waals surface area contributed by atoms with Crippen molar-refractivity contribution >= 4 is 0 Å². The molecule has 0 radical (unpaired) electrons. The minimum Gasteiger partial charge on any atom is -0.429 e. The van der Waals surface area contributed by atoms with E-state index in [9.17, 15) is 22.0 Å². The van der Waals surface area contributed by atoms with Crippen LogP contribution in [-0.2, 0) is 10.8 Å². The van der Waals surface area contributed by atoms with Gasteiger partial charge >= 0.3 is 12.7 Å². The Morgan fingerprint density at radius 1 is 0.694 bits per heavy atom. The highest BCUT2D eigenvalue weighted by molar-refractivity contribution is 5.72. The number of unbranched alkanes of at least 4 members (excludes halogenated alkanes) is 1. The van der Waals surface area contributed by atoms with Gasteiger partial charge in [-0.25, -0.2) is 26.3 Å². The van der Waals surface area contributed by atoms with Gasteiger partial charge in [-0.2, -0.15) is 17.6 Å². The number of benzene rings is 4. The van der Waals surface area contributed by atoms with Crippen LogP contribution < -0.4 is 9.47 Å². The first-order chi connectivity index (χ1) is 23.3. The van der Waals surface area contributed by atoms with Gasteiger partial charge in [0.15, 0.2) is 17.4 Å². The first-order valence-electron chi connectivity index (χ1n) is 15.5. The lowest BCUT2D eigenvalue weighted by Gasteiger charge is -2.29. The van der Waals surface area contributed by atoms with E-state index in [1.165, 1.54) is 0 Å². The molecule has 0 unspecified atom stereocenters. The van der Waals surface area contributed by atoms with Crippen molar-refractivity contribution in [3.8, 4) is 33.8 Å². The molecule has 4 aromatic carbocycles. The Kier molecular flexibility index (Phi) is 11.1. The van der Waals surface area contributed by atoms with Crippen molar-refractivity contribution < 1.29 is 58.1 Å². The molecule has 0 aliphatic heterocycles. The maximum absolute atomic E-state index is 15.1. The van der Waals surface area contributed by atoms with Crippen LogP contribution in [0.5, 0.6) is 11.5 Å². The molecule has 1 saturated carbocycles. The van der Waals surface area contributed by atoms with Gasteiger partial charge in [-0.15, -0.1) is 0 Å². The molecule has 5 rings (SSSR count). The zero-order valence-corrected chi connectivity index (χ0v) is 26.0. The van der Waals surface area contributed by atoms with E-state index in [1.807, 2.05) is 6.92 Å². The van der Waals surface area contributed by atoms with E-state index in [4.69, 9.17) is 4.74 Å². The van der Waals surface area contributed by atoms with E-state index in [0.29, 0.717) is 50.5 Å². The Balaban J connectivity index is 1.30. The molecule has 0 saturated heterocycles. The standard InChI is InChI=1S/C36H30F10O3/c1-2-3-12-47-23-7-4-19(5-8-23)21-14-29(39)33(30(40)15-21)36(45,46)49-24-9-11-25(28(38)18-24)20-6-10-26(27(37)13-20)22-16-31(41)34(32(42)17-22)48-35(43)44/h6,9-11,13-19,23,35H,2-5,7-8,12H2,1H3. The van der Waals surface area contributed by atoms with Crippen molar-refractivity contribution in [1.29, 1.82) is 0 Å². The highest BCUT2D eigenvalue weighted by atomic mass is 19.3. The Bertz CT molecular complexity index is 1740. The van der Waals surface area contributed by atoms with Gasteiger partial charge < -0.3 is 14.2 Å². The third-order valence-corrected chi connectivity index (χ3v) is 8.34. The molecule has 262 valence electrons. The first-order valence-corrected chi connectivity index (χ1v) is 15.5. The second-order valence-corrected chi connectivity index (χ2v) is 11.7. The molecule has 0 N–H and O–H groups in total. The van der Waals surface area contributed by atoms with Crippen molar-refractivity contribution in [2.45, 2.75) is 70.2 Å². The van der Waals surface area contributed by atoms with E-state index in [-0.39, 0.29) is 39.8 Å². The van der Waals surface area contributed by atoms with Crippen molar-refractivity contribution in [3.05, 3.63) is 107 Å². The number of halogens is 10. The molecule has 0 amide bonds. The summed E-state index contributed by atoms with van der Waals surface area (Å²) < 4.78 is 158. The number of alkyl halides is 4. The lowest BCUT2D eigenvalue weighted by atomic mass is 9.82. The van der Waals surface area contributed by atoms with Gasteiger partial charge in [-0.1, -0.05) is 25.5 Å². The summed E-state index contributed by atoms with van der Waals surface area (Å²) >= 11 is 0. The lowest BCUT2D eigenvalue weighted by molar-refractivity contribution is -0.189. The van der Waals surface area contributed by atoms with Crippen LogP contribution in [0.3, 0.4) is 0 Å². The Morgan fingerprint density at radius 3 is 1.84 bits per heavy atom. The maximum atomic E-state index is 15.1. The average Bonchev–Trinajstić information content (AvgIpc) is 3.02. The highest BCUT2D eigenvalue weighted by Gasteiger charge is 2.42. The molecule has 0 aromatic heterocycles. The normalized spacial score (nSPS) is 16.7. The molecule has 3 nitrogen and oxygen atoms in total. The van der Waals surface area contributed by atoms with E-state index < -0.39 is 64.7 Å². The molecule has 0 atom stereocenters. The molecule has 0 bridgehead atoms. The largest absolute Gasteiger partial charge is 0.432 e. The van der Waals surface area contributed by atoms with Crippen LogP contribution in [0.15, 0.2) is 60.7 Å². The monoisotopic (exact) mass is 700 g/mol. The predicted octanol–water partition coefficient (Wildman–Crippen LogP) is 11.4. The van der Waals surface area contributed by atoms with E-state index in [1.54, 1.807) is 0 Å². The number of hydrogen-bond acceptors (Lipinski definition) is 3. The van der Waals surface area contributed by atoms with Crippen LogP contribution >= 0.6 is 0 Å². The van der Waals surface area contributed by atoms with Crippen LogP contribution in [0.1, 0.15) is 62.5 Å². The van der Waals surface area contributed by atoms with E-state index in [0.717, 1.165) is 55.3 Å². The number of hydrogen-bond donors (Lipinski definition) is 0. The fourth-order valence-corrected chi connectivity index (χ4v) is 5.89. The van der Waals surface area contributed by atoms with Gasteiger partial charge in [-0.3, -0.25) is 0 Å². The molecule has 1 aliphatic rings. The Hall–Kier alpha value is -4.26. The zero-order chi connectivity index (χ0) is 35.5. The van der Waals surface area contributed by atoms with E-state index >= 15 is 22.0 Å². The summed E-state index contributed by atoms with van der Waals surface area (Å²) in [6, 6.07) is 8.20. The summed E-state index contributed by atoms with van der Waals surface area (Å²) in [5.74, 6) is -10.7. The van der Waals surface area contributed by atoms with Crippen LogP contribution in [0.25, 0.3) is 22.3 Å². The fourth-order valence-electron chi connectivity index (χ4n) is 5.89. The molecule has 1 fully saturated rings. The number of rotatable bonds is 12. The SMILES string of the molecule is CCCCOC1CCC(c2cc(F)c(C(F)(F)Oc3ccc(-c4ccc(-c5cc(F)c(OC(F)F)c(F)c5)c(F)c4)c(F)c3)c(F)c2)CC1. The lowest BCUT2D eigenvalue weighted by Crippen LogP contribution is -2.26. The van der Waals surface area contributed by atoms with Crippen LogP contribution in [0.2, 0.25) is 0 Å². The highest BCUT2D eigenvalue weighted by Crippen LogP contribution is 2.41. The van der Waals surface area contributed by atoms with Crippen molar-refractivity contribution in [2.75, 3.05) is 6.61 Å². The molecular weight excluding hydrogens is 670 g/mol. The second-order valence-electron chi connectivity index (χ2n) is 11.7. The summed E-state index contributed by atoms with van der Waals surface area (Å²) in [5, 5.41) is 0. The quantitative estimate of drug-likeness (QED) is 0.109. The molecule has 4 aromatic rings. The Labute approximate surface area is 275 Å². The topological polar surface area (TPSA) is 27.7 Å². The van der Waals surface area contributed by atoms with Gasteiger partial charge in [-0.05, 0) is 97.2 Å². The zero-order valence-electron chi connectivity index (χ0n) is 26.0. The minimum atomic E-state index is -4.54. The van der Waals surface area contributed by atoms with Gasteiger partial charge in [0, 0.05) is 23.8 Å². The third-order valence-electron chi connectivity index (χ3n) is 8.34. The maximum Gasteiger partial charge on any atom is 0.432 e. The van der Waals surface area contributed by atoms with E-state index in [2.05, 4.69) is 9.47 Å². The second kappa shape index (κ2) is 15.1. The smallest absolute Gasteiger partial charge is 0.429 e. The van der Waals surface area contributed by atoms with Crippen LogP contribution in [-0.4, -0.2) is 19.3 Å². The van der Waals surface area contributed by atoms with Gasteiger partial charge in [0.25, 0.3) is 0 Å². The van der Waals surface area contributed by atoms with Crippen LogP contribution in [0.4, 0.5) is 43.9 Å². The minimum absolute atomic E-state index is 0.0409. The average molecular weight is 701 g/mol. The molecule has 0 spiro atoms. The van der Waals surface area contributed by atoms with Crippen molar-refractivity contribution in [1.82, 2.24) is 0 Å². The molecule has 1 aliphatic carbocycles. The summed E-state index contributed by atoms with van der Waals surface area (Å²) in [6.07, 6.45) is -0.0903. The fraction of sp³-hybridized carbons (Fsp3) is 0.333. The van der Waals surface area contributed by atoms with Crippen LogP contribution in [0, 0.1) is 34.9 Å². The predicted molar refractivity (Wildman–Crippen MR) is 161 cm³/mol. The van der Waals surface area contributed by atoms with Crippen molar-refractivity contribution in [3.63, 3.8) is 0 Å². The van der Waals surface area contributed by atoms with Gasteiger partial charge in [0.2, 0.25) is 0 Å². The number of ether oxygens (including phenoxy) is 3. The molecular formula is C36H30F10O3. The Morgan fingerprint density at radius 2 is 1.27 bits per heavy atom. The summed E-state index contributed by atoms with van der Waals surface area (Å²) in [5.41, 5.74) is -2.57.